The smallest absolute Gasteiger partial charge is 0.195 e. The van der Waals surface area contributed by atoms with Gasteiger partial charge in [-0.05, 0) is 54.6 Å². The number of thiazole rings is 1. The molecule has 0 aliphatic carbocycles. The molecule has 6 aromatic heterocycles. The summed E-state index contributed by atoms with van der Waals surface area (Å²) in [5.41, 5.74) is 9.52. The van der Waals surface area contributed by atoms with Gasteiger partial charge in [0, 0.05) is 18.1 Å². The Morgan fingerprint density at radius 3 is 1.94 bits per heavy atom. The van der Waals surface area contributed by atoms with Crippen LogP contribution in [-0.2, 0) is 0 Å². The van der Waals surface area contributed by atoms with E-state index < -0.39 is 0 Å². The van der Waals surface area contributed by atoms with Crippen LogP contribution in [0.25, 0.3) is 65.2 Å². The molecule has 7 heteroatoms. The summed E-state index contributed by atoms with van der Waals surface area (Å²) >= 11 is 1.67. The monoisotopic (exact) mass is 468 g/mol. The van der Waals surface area contributed by atoms with Crippen molar-refractivity contribution in [1.29, 1.82) is 0 Å². The zero-order valence-corrected chi connectivity index (χ0v) is 19.1. The zero-order chi connectivity index (χ0) is 22.9. The Kier molecular flexibility index (Phi) is 3.72. The molecule has 35 heavy (non-hydrogen) atoms. The summed E-state index contributed by atoms with van der Waals surface area (Å²) in [5.74, 6) is 0. The van der Waals surface area contributed by atoms with Crippen molar-refractivity contribution in [3.8, 4) is 10.8 Å². The molecule has 8 aromatic rings. The molecule has 8 rings (SSSR count). The lowest BCUT2D eigenvalue weighted by Crippen LogP contribution is -1.96. The molecule has 0 bridgehead atoms. The first kappa shape index (κ1) is 18.8. The Bertz CT molecular complexity index is 2030. The molecule has 2 aromatic carbocycles. The summed E-state index contributed by atoms with van der Waals surface area (Å²) in [6, 6.07) is 28.9. The number of hydrogen-bond acceptors (Lipinski definition) is 5. The molecule has 164 valence electrons. The van der Waals surface area contributed by atoms with Gasteiger partial charge in [-0.1, -0.05) is 41.7 Å². The van der Waals surface area contributed by atoms with E-state index in [4.69, 9.17) is 19.9 Å². The average molecular weight is 469 g/mol. The van der Waals surface area contributed by atoms with E-state index in [2.05, 4.69) is 63.7 Å². The van der Waals surface area contributed by atoms with Gasteiger partial charge >= 0.3 is 0 Å². The van der Waals surface area contributed by atoms with Crippen LogP contribution in [0.5, 0.6) is 0 Å². The van der Waals surface area contributed by atoms with E-state index >= 15 is 0 Å². The van der Waals surface area contributed by atoms with E-state index in [1.807, 2.05) is 42.7 Å². The van der Waals surface area contributed by atoms with Crippen LogP contribution in [-0.4, -0.2) is 29.1 Å². The minimum atomic E-state index is 0.852. The van der Waals surface area contributed by atoms with Crippen LogP contribution in [0.15, 0.2) is 97.3 Å². The molecular weight excluding hydrogens is 452 g/mol. The first-order valence-electron chi connectivity index (χ1n) is 11.3. The maximum Gasteiger partial charge on any atom is 0.195 e. The molecule has 0 spiro atoms. The van der Waals surface area contributed by atoms with Crippen molar-refractivity contribution in [3.63, 3.8) is 0 Å². The lowest BCUT2D eigenvalue weighted by Gasteiger charge is -2.07. The Morgan fingerprint density at radius 2 is 1.20 bits per heavy atom. The summed E-state index contributed by atoms with van der Waals surface area (Å²) in [5, 5.41) is 0.904. The lowest BCUT2D eigenvalue weighted by atomic mass is 10.3. The van der Waals surface area contributed by atoms with Crippen LogP contribution in [0.4, 0.5) is 0 Å². The van der Waals surface area contributed by atoms with Crippen molar-refractivity contribution in [2.45, 2.75) is 0 Å². The van der Waals surface area contributed by atoms with E-state index in [0.29, 0.717) is 0 Å². The quantitative estimate of drug-likeness (QED) is 0.284. The highest BCUT2D eigenvalue weighted by molar-refractivity contribution is 7.20. The summed E-state index contributed by atoms with van der Waals surface area (Å²) in [6.07, 6.45) is 3.65. The maximum atomic E-state index is 5.19. The van der Waals surface area contributed by atoms with Gasteiger partial charge in [0.05, 0.1) is 32.3 Å². The van der Waals surface area contributed by atoms with Gasteiger partial charge in [0.25, 0.3) is 0 Å². The molecule has 6 nitrogen and oxygen atoms in total. The van der Waals surface area contributed by atoms with Gasteiger partial charge in [0.15, 0.2) is 5.13 Å². The van der Waals surface area contributed by atoms with Gasteiger partial charge < -0.3 is 4.57 Å². The molecule has 0 fully saturated rings. The van der Waals surface area contributed by atoms with Crippen molar-refractivity contribution >= 4 is 65.7 Å². The van der Waals surface area contributed by atoms with Gasteiger partial charge in [-0.15, -0.1) is 0 Å². The second-order valence-electron chi connectivity index (χ2n) is 8.44. The molecule has 0 saturated carbocycles. The summed E-state index contributed by atoms with van der Waals surface area (Å²) in [7, 11) is 0. The SMILES string of the molecule is c1ccc(-n2c3cccnc3c3nc4c5ncccc5n(-c5nc6ccccc6s5)c4cc32)cc1. The summed E-state index contributed by atoms with van der Waals surface area (Å²) in [4.78, 5) is 19.6. The fraction of sp³-hybridized carbons (Fsp3) is 0. The average Bonchev–Trinajstić information content (AvgIpc) is 3.57. The number of aromatic nitrogens is 6. The first-order chi connectivity index (χ1) is 17.4. The predicted molar refractivity (Wildman–Crippen MR) is 142 cm³/mol. The van der Waals surface area contributed by atoms with E-state index in [-0.39, 0.29) is 0 Å². The Hall–Kier alpha value is -4.62. The van der Waals surface area contributed by atoms with Gasteiger partial charge in [0.1, 0.15) is 22.1 Å². The van der Waals surface area contributed by atoms with Crippen molar-refractivity contribution in [2.75, 3.05) is 0 Å². The normalized spacial score (nSPS) is 12.0. The van der Waals surface area contributed by atoms with Gasteiger partial charge in [-0.2, -0.15) is 0 Å². The van der Waals surface area contributed by atoms with Crippen LogP contribution in [0.3, 0.4) is 0 Å². The van der Waals surface area contributed by atoms with Crippen molar-refractivity contribution < 1.29 is 0 Å². The molecular formula is C28H16N6S. The fourth-order valence-electron chi connectivity index (χ4n) is 4.98. The molecule has 0 aliphatic rings. The number of rotatable bonds is 2. The second kappa shape index (κ2) is 6.94. The maximum absolute atomic E-state index is 5.19. The minimum absolute atomic E-state index is 0.852. The third-order valence-corrected chi connectivity index (χ3v) is 7.48. The lowest BCUT2D eigenvalue weighted by molar-refractivity contribution is 1.14. The number of fused-ring (bicyclic) bond motifs is 7. The largest absolute Gasteiger partial charge is 0.306 e. The van der Waals surface area contributed by atoms with Gasteiger partial charge in [0.2, 0.25) is 0 Å². The Morgan fingerprint density at radius 1 is 0.543 bits per heavy atom. The molecule has 0 unspecified atom stereocenters. The van der Waals surface area contributed by atoms with Gasteiger partial charge in [-0.25, -0.2) is 9.97 Å². The number of pyridine rings is 3. The van der Waals surface area contributed by atoms with Crippen LogP contribution in [0.1, 0.15) is 0 Å². The molecule has 6 heterocycles. The summed E-state index contributed by atoms with van der Waals surface area (Å²) in [6.45, 7) is 0. The topological polar surface area (TPSA) is 61.4 Å². The second-order valence-corrected chi connectivity index (χ2v) is 9.45. The van der Waals surface area contributed by atoms with Gasteiger partial charge in [-0.3, -0.25) is 14.5 Å². The predicted octanol–water partition coefficient (Wildman–Crippen LogP) is 6.68. The minimum Gasteiger partial charge on any atom is -0.306 e. The number of nitrogens with zero attached hydrogens (tertiary/aromatic N) is 6. The van der Waals surface area contributed by atoms with Crippen LogP contribution in [0.2, 0.25) is 0 Å². The third kappa shape index (κ3) is 2.58. The highest BCUT2D eigenvalue weighted by Gasteiger charge is 2.21. The standard InChI is InChI=1S/C28H16N6S/c1-2-8-17(9-3-1)33-19-11-6-14-29-24(19)26-21(33)16-22-27(32-26)25-20(12-7-15-30-25)34(22)28-31-18-10-4-5-13-23(18)35-28/h1-16H. The Labute approximate surface area is 202 Å². The fourth-order valence-corrected chi connectivity index (χ4v) is 5.97. The van der Waals surface area contributed by atoms with Crippen molar-refractivity contribution in [2.24, 2.45) is 0 Å². The molecule has 0 saturated heterocycles. The van der Waals surface area contributed by atoms with E-state index in [0.717, 1.165) is 65.2 Å². The summed E-state index contributed by atoms with van der Waals surface area (Å²) < 4.78 is 5.57. The van der Waals surface area contributed by atoms with E-state index in [1.54, 1.807) is 11.3 Å². The number of benzene rings is 2. The molecule has 0 aliphatic heterocycles. The highest BCUT2D eigenvalue weighted by Crippen LogP contribution is 2.37. The molecule has 0 atom stereocenters. The van der Waals surface area contributed by atoms with Crippen molar-refractivity contribution in [3.05, 3.63) is 97.3 Å². The molecule has 0 radical (unpaired) electrons. The molecule has 0 amide bonds. The molecule has 0 N–H and O–H groups in total. The van der Waals surface area contributed by atoms with Crippen LogP contribution in [0, 0.1) is 0 Å². The van der Waals surface area contributed by atoms with E-state index in [1.165, 1.54) is 0 Å². The zero-order valence-electron chi connectivity index (χ0n) is 18.3. The third-order valence-electron chi connectivity index (χ3n) is 6.46. The van der Waals surface area contributed by atoms with Crippen molar-refractivity contribution in [1.82, 2.24) is 29.1 Å². The van der Waals surface area contributed by atoms with Crippen LogP contribution < -0.4 is 0 Å². The highest BCUT2D eigenvalue weighted by atomic mass is 32.1. The number of hydrogen-bond donors (Lipinski definition) is 0. The van der Waals surface area contributed by atoms with E-state index in [9.17, 15) is 0 Å². The number of para-hydroxylation sites is 2. The van der Waals surface area contributed by atoms with Crippen LogP contribution >= 0.6 is 11.3 Å². The first-order valence-corrected chi connectivity index (χ1v) is 12.2. The Balaban J connectivity index is 1.57.